The number of hydrogen-bond acceptors (Lipinski definition) is 4. The van der Waals surface area contributed by atoms with Gasteiger partial charge in [-0.25, -0.2) is 0 Å². The van der Waals surface area contributed by atoms with E-state index in [1.165, 1.54) is 6.20 Å². The van der Waals surface area contributed by atoms with Crippen molar-refractivity contribution in [1.29, 1.82) is 0 Å². The van der Waals surface area contributed by atoms with Gasteiger partial charge in [0.2, 0.25) is 0 Å². The molecule has 0 aromatic carbocycles. The average Bonchev–Trinajstić information content (AvgIpc) is 2.77. The van der Waals surface area contributed by atoms with Crippen molar-refractivity contribution in [2.45, 2.75) is 41.2 Å². The smallest absolute Gasteiger partial charge is 0.414 e. The minimum Gasteiger partial charge on any atom is -0.445 e. The van der Waals surface area contributed by atoms with Gasteiger partial charge in [-0.1, -0.05) is 34.6 Å². The van der Waals surface area contributed by atoms with Crippen LogP contribution >= 0.6 is 0 Å². The topological polar surface area (TPSA) is 70.2 Å². The van der Waals surface area contributed by atoms with Crippen LogP contribution in [-0.2, 0) is 6.54 Å². The van der Waals surface area contributed by atoms with Gasteiger partial charge in [0.05, 0.1) is 6.61 Å². The first-order valence-electron chi connectivity index (χ1n) is 6.01. The van der Waals surface area contributed by atoms with Crippen molar-refractivity contribution in [3.63, 3.8) is 0 Å². The van der Waals surface area contributed by atoms with Gasteiger partial charge >= 0.3 is 11.8 Å². The lowest BCUT2D eigenvalue weighted by atomic mass is 10.2. The largest absolute Gasteiger partial charge is 0.445 e. The second-order valence-electron chi connectivity index (χ2n) is 3.21. The van der Waals surface area contributed by atoms with E-state index < -0.39 is 4.92 Å². The third kappa shape index (κ3) is 4.05. The Balaban J connectivity index is 0.000000581. The normalized spacial score (nSPS) is 16.4. The number of hydrogen-bond donors (Lipinski definition) is 0. The van der Waals surface area contributed by atoms with Crippen LogP contribution in [0.1, 0.15) is 34.6 Å². The van der Waals surface area contributed by atoms with E-state index in [-0.39, 0.29) is 5.82 Å². The predicted molar refractivity (Wildman–Crippen MR) is 66.2 cm³/mol. The molecular weight excluding hydrogens is 222 g/mol. The van der Waals surface area contributed by atoms with E-state index in [4.69, 9.17) is 4.74 Å². The van der Waals surface area contributed by atoms with E-state index in [0.29, 0.717) is 18.5 Å². The van der Waals surface area contributed by atoms with E-state index in [0.717, 1.165) is 6.54 Å². The first-order chi connectivity index (χ1) is 8.16. The Bertz CT molecular complexity index is 350. The van der Waals surface area contributed by atoms with E-state index >= 15 is 0 Å². The molecule has 1 aliphatic rings. The Morgan fingerprint density at radius 2 is 2.06 bits per heavy atom. The van der Waals surface area contributed by atoms with Crippen molar-refractivity contribution in [2.24, 2.45) is 5.92 Å². The fourth-order valence-corrected chi connectivity index (χ4v) is 1.32. The summed E-state index contributed by atoms with van der Waals surface area (Å²) in [6, 6.07) is 0.352. The van der Waals surface area contributed by atoms with Gasteiger partial charge in [0, 0.05) is 17.4 Å². The third-order valence-corrected chi connectivity index (χ3v) is 1.92. The van der Waals surface area contributed by atoms with Crippen LogP contribution in [0.25, 0.3) is 0 Å². The summed E-state index contributed by atoms with van der Waals surface area (Å²) in [5.41, 5.74) is 0. The summed E-state index contributed by atoms with van der Waals surface area (Å²) in [6.07, 6.45) is 1.41. The zero-order chi connectivity index (χ0) is 13.4. The molecule has 98 valence electrons. The van der Waals surface area contributed by atoms with Crippen LogP contribution in [0.15, 0.2) is 6.20 Å². The summed E-state index contributed by atoms with van der Waals surface area (Å²) in [5.74, 6) is 0.227. The molecule has 1 atom stereocenters. The molecule has 0 radical (unpaired) electrons. The molecule has 17 heavy (non-hydrogen) atoms. The van der Waals surface area contributed by atoms with Crippen molar-refractivity contribution >= 4 is 5.82 Å². The van der Waals surface area contributed by atoms with Gasteiger partial charge in [0.15, 0.2) is 0 Å². The van der Waals surface area contributed by atoms with Gasteiger partial charge in [0.1, 0.15) is 6.20 Å². The van der Waals surface area contributed by atoms with Gasteiger partial charge in [-0.15, -0.1) is 0 Å². The Hall–Kier alpha value is -1.59. The Morgan fingerprint density at radius 3 is 2.59 bits per heavy atom. The maximum Gasteiger partial charge on any atom is 0.414 e. The van der Waals surface area contributed by atoms with Crippen LogP contribution in [0, 0.1) is 16.0 Å². The zero-order valence-electron chi connectivity index (χ0n) is 11.1. The monoisotopic (exact) mass is 243 g/mol. The van der Waals surface area contributed by atoms with Crippen LogP contribution in [-0.4, -0.2) is 21.1 Å². The van der Waals surface area contributed by atoms with E-state index in [2.05, 4.69) is 4.98 Å². The van der Waals surface area contributed by atoms with Crippen molar-refractivity contribution in [2.75, 3.05) is 6.61 Å². The van der Waals surface area contributed by atoms with Gasteiger partial charge in [-0.05, 0) is 4.92 Å². The standard InChI is InChI=1S/C7H9N3O3.2C2H6/c1-5-2-9-3-6(10(11)12)8-7(9)13-4-5;2*1-2/h3,5H,2,4H2,1H3;2*1-2H3. The van der Waals surface area contributed by atoms with Crippen LogP contribution < -0.4 is 4.74 Å². The van der Waals surface area contributed by atoms with Crippen LogP contribution in [0.2, 0.25) is 0 Å². The third-order valence-electron chi connectivity index (χ3n) is 1.92. The first kappa shape index (κ1) is 15.4. The van der Waals surface area contributed by atoms with Crippen LogP contribution in [0.4, 0.5) is 5.82 Å². The van der Waals surface area contributed by atoms with Crippen LogP contribution in [0.5, 0.6) is 6.01 Å². The predicted octanol–water partition coefficient (Wildman–Crippen LogP) is 2.87. The molecule has 0 bridgehead atoms. The molecule has 6 nitrogen and oxygen atoms in total. The van der Waals surface area contributed by atoms with E-state index in [9.17, 15) is 10.1 Å². The van der Waals surface area contributed by atoms with Gasteiger partial charge in [-0.3, -0.25) is 4.57 Å². The quantitative estimate of drug-likeness (QED) is 0.561. The molecular formula is C11H21N3O3. The van der Waals surface area contributed by atoms with Crippen molar-refractivity contribution in [3.8, 4) is 6.01 Å². The number of rotatable bonds is 1. The lowest BCUT2D eigenvalue weighted by Crippen LogP contribution is -2.22. The summed E-state index contributed by atoms with van der Waals surface area (Å²) in [7, 11) is 0. The molecule has 1 aliphatic heterocycles. The fourth-order valence-electron chi connectivity index (χ4n) is 1.32. The molecule has 1 aromatic rings. The highest BCUT2D eigenvalue weighted by molar-refractivity contribution is 5.21. The molecule has 1 aromatic heterocycles. The highest BCUT2D eigenvalue weighted by Crippen LogP contribution is 2.22. The summed E-state index contributed by atoms with van der Waals surface area (Å²) in [5, 5.41) is 10.4. The maximum atomic E-state index is 10.4. The molecule has 2 heterocycles. The molecule has 0 spiro atoms. The number of fused-ring (bicyclic) bond motifs is 1. The molecule has 0 N–H and O–H groups in total. The summed E-state index contributed by atoms with van der Waals surface area (Å²) in [4.78, 5) is 13.6. The summed E-state index contributed by atoms with van der Waals surface area (Å²) in [6.45, 7) is 11.3. The second kappa shape index (κ2) is 7.65. The molecule has 0 saturated heterocycles. The molecule has 0 aliphatic carbocycles. The number of nitro groups is 1. The molecule has 2 rings (SSSR count). The fraction of sp³-hybridized carbons (Fsp3) is 0.727. The number of nitrogens with zero attached hydrogens (tertiary/aromatic N) is 3. The van der Waals surface area contributed by atoms with Crippen molar-refractivity contribution in [1.82, 2.24) is 9.55 Å². The SMILES string of the molecule is CC.CC.CC1COc2nc([N+](=O)[O-])cn2C1. The molecule has 0 saturated carbocycles. The molecule has 0 fully saturated rings. The lowest BCUT2D eigenvalue weighted by Gasteiger charge is -2.17. The van der Waals surface area contributed by atoms with E-state index in [1.807, 2.05) is 34.6 Å². The maximum absolute atomic E-state index is 10.4. The number of ether oxygens (including phenoxy) is 1. The summed E-state index contributed by atoms with van der Waals surface area (Å²) < 4.78 is 6.89. The second-order valence-corrected chi connectivity index (χ2v) is 3.21. The Labute approximate surface area is 102 Å². The van der Waals surface area contributed by atoms with Gasteiger partial charge in [0.25, 0.3) is 0 Å². The van der Waals surface area contributed by atoms with Crippen molar-refractivity contribution in [3.05, 3.63) is 16.3 Å². The van der Waals surface area contributed by atoms with Gasteiger partial charge < -0.3 is 14.9 Å². The molecule has 1 unspecified atom stereocenters. The van der Waals surface area contributed by atoms with Crippen molar-refractivity contribution < 1.29 is 9.66 Å². The average molecular weight is 243 g/mol. The minimum absolute atomic E-state index is 0.149. The van der Waals surface area contributed by atoms with Crippen LogP contribution in [0.3, 0.4) is 0 Å². The molecule has 0 amide bonds. The summed E-state index contributed by atoms with van der Waals surface area (Å²) >= 11 is 0. The lowest BCUT2D eigenvalue weighted by molar-refractivity contribution is -0.389. The highest BCUT2D eigenvalue weighted by atomic mass is 16.6. The zero-order valence-corrected chi connectivity index (χ0v) is 11.1. The number of aromatic nitrogens is 2. The highest BCUT2D eigenvalue weighted by Gasteiger charge is 2.25. The first-order valence-corrected chi connectivity index (χ1v) is 6.01. The van der Waals surface area contributed by atoms with E-state index in [1.54, 1.807) is 4.57 Å². The minimum atomic E-state index is -0.515. The Morgan fingerprint density at radius 1 is 1.47 bits per heavy atom. The number of imidazole rings is 1. The molecule has 6 heteroatoms. The Kier molecular flexibility index (Phi) is 6.93. The van der Waals surface area contributed by atoms with Gasteiger partial charge in [-0.2, -0.15) is 0 Å².